The molecule has 12 nitrogen and oxygen atoms in total. The van der Waals surface area contributed by atoms with Crippen molar-refractivity contribution < 1.29 is 37.0 Å². The number of amides is 2. The monoisotopic (exact) mass is 572 g/mol. The summed E-state index contributed by atoms with van der Waals surface area (Å²) in [5.41, 5.74) is 0.819. The minimum absolute atomic E-state index is 0.409. The Morgan fingerprint density at radius 1 is 0.658 bits per heavy atom. The molecule has 0 aromatic carbocycles. The Hall–Kier alpha value is -2.37. The quantitative estimate of drug-likeness (QED) is 0.0813. The maximum Gasteiger partial charge on any atom is 0.433 e. The van der Waals surface area contributed by atoms with E-state index in [1.165, 1.54) is 0 Å². The van der Waals surface area contributed by atoms with E-state index in [4.69, 9.17) is 27.4 Å². The summed E-state index contributed by atoms with van der Waals surface area (Å²) in [6.45, 7) is 15.1. The Bertz CT molecular complexity index is 755. The van der Waals surface area contributed by atoms with Crippen LogP contribution in [0.3, 0.4) is 0 Å². The third-order valence-electron chi connectivity index (χ3n) is 5.27. The summed E-state index contributed by atoms with van der Waals surface area (Å²) in [6, 6.07) is 1.53. The summed E-state index contributed by atoms with van der Waals surface area (Å²) < 4.78 is 23.1. The third kappa shape index (κ3) is 14.5. The van der Waals surface area contributed by atoms with E-state index in [2.05, 4.69) is 20.9 Å². The van der Waals surface area contributed by atoms with Crippen LogP contribution in [0, 0.1) is 0 Å². The van der Waals surface area contributed by atoms with Crippen LogP contribution in [-0.2, 0) is 27.4 Å². The first-order chi connectivity index (χ1) is 18.2. The van der Waals surface area contributed by atoms with E-state index in [1.807, 2.05) is 40.8 Å². The van der Waals surface area contributed by atoms with Gasteiger partial charge in [0.25, 0.3) is 0 Å². The third-order valence-corrected chi connectivity index (χ3v) is 11.4. The number of carbonyl (C=O) groups is 2. The standard InChI is InChI=1S/C24H44N4O8Si2/c1-7-31-37(5,32-8-2)19-11-17-25-23(29)35-27-21-13-15-22(16-14-21)28-36-24(30)26-18-12-20-38(6,33-9-3)34-10-4/h13-16H,7-12,17-20H2,1-6H3,(H,25,29)(H,26,30). The predicted molar refractivity (Wildman–Crippen MR) is 151 cm³/mol. The van der Waals surface area contributed by atoms with Gasteiger partial charge in [0.1, 0.15) is 11.4 Å². The van der Waals surface area contributed by atoms with Crippen LogP contribution in [0.1, 0.15) is 40.5 Å². The van der Waals surface area contributed by atoms with Gasteiger partial charge in [0, 0.05) is 39.5 Å². The van der Waals surface area contributed by atoms with Gasteiger partial charge in [-0.2, -0.15) is 0 Å². The Kier molecular flexibility index (Phi) is 16.7. The summed E-state index contributed by atoms with van der Waals surface area (Å²) >= 11 is 0. The van der Waals surface area contributed by atoms with Gasteiger partial charge in [-0.15, -0.1) is 0 Å². The van der Waals surface area contributed by atoms with E-state index < -0.39 is 29.3 Å². The number of oxime groups is 2. The molecular weight excluding hydrogens is 528 g/mol. The molecule has 38 heavy (non-hydrogen) atoms. The molecule has 1 rings (SSSR count). The van der Waals surface area contributed by atoms with Crippen LogP contribution in [0.15, 0.2) is 34.6 Å². The Labute approximate surface area is 228 Å². The first-order valence-electron chi connectivity index (χ1n) is 13.2. The van der Waals surface area contributed by atoms with Gasteiger partial charge in [0.2, 0.25) is 0 Å². The van der Waals surface area contributed by atoms with Gasteiger partial charge in [0.15, 0.2) is 0 Å². The number of carbonyl (C=O) groups excluding carboxylic acids is 2. The summed E-state index contributed by atoms with van der Waals surface area (Å²) in [5, 5.41) is 12.9. The lowest BCUT2D eigenvalue weighted by Gasteiger charge is -2.25. The highest BCUT2D eigenvalue weighted by atomic mass is 28.4. The number of rotatable bonds is 18. The summed E-state index contributed by atoms with van der Waals surface area (Å²) in [7, 11) is -4.40. The highest BCUT2D eigenvalue weighted by Gasteiger charge is 2.30. The fourth-order valence-corrected chi connectivity index (χ4v) is 8.45. The van der Waals surface area contributed by atoms with Gasteiger partial charge < -0.3 is 28.3 Å². The van der Waals surface area contributed by atoms with Crippen LogP contribution in [0.4, 0.5) is 9.59 Å². The topological polar surface area (TPSA) is 138 Å². The van der Waals surface area contributed by atoms with Crippen molar-refractivity contribution in [2.75, 3.05) is 39.5 Å². The van der Waals surface area contributed by atoms with Crippen LogP contribution in [0.5, 0.6) is 0 Å². The van der Waals surface area contributed by atoms with E-state index in [0.29, 0.717) is 63.8 Å². The number of hydrogen-bond donors (Lipinski definition) is 2. The molecular formula is C24H44N4O8Si2. The molecule has 0 saturated carbocycles. The maximum absolute atomic E-state index is 11.9. The summed E-state index contributed by atoms with van der Waals surface area (Å²) in [6.07, 6.45) is 6.46. The van der Waals surface area contributed by atoms with Crippen LogP contribution in [0.2, 0.25) is 25.2 Å². The van der Waals surface area contributed by atoms with Crippen LogP contribution >= 0.6 is 0 Å². The number of nitrogens with one attached hydrogen (secondary N) is 2. The highest BCUT2D eigenvalue weighted by Crippen LogP contribution is 2.16. The molecule has 0 atom stereocenters. The second kappa shape index (κ2) is 18.8. The van der Waals surface area contributed by atoms with Gasteiger partial charge in [-0.1, -0.05) is 10.3 Å². The SMILES string of the molecule is CCO[Si](C)(CCCNC(=O)ON=C1C=CC(=NOC(=O)NCCC[Si](C)(OCC)OCC)C=C1)OCC. The van der Waals surface area contributed by atoms with Crippen molar-refractivity contribution >= 4 is 40.7 Å². The molecule has 0 fully saturated rings. The van der Waals surface area contributed by atoms with Gasteiger partial charge >= 0.3 is 29.3 Å². The first kappa shape index (κ1) is 33.7. The lowest BCUT2D eigenvalue weighted by Crippen LogP contribution is -2.39. The van der Waals surface area contributed by atoms with E-state index in [1.54, 1.807) is 24.3 Å². The predicted octanol–water partition coefficient (Wildman–Crippen LogP) is 4.35. The fraction of sp³-hybridized carbons (Fsp3) is 0.667. The Morgan fingerprint density at radius 2 is 0.974 bits per heavy atom. The average molecular weight is 573 g/mol. The Morgan fingerprint density at radius 3 is 1.26 bits per heavy atom. The number of hydrogen-bond acceptors (Lipinski definition) is 10. The molecule has 0 spiro atoms. The lowest BCUT2D eigenvalue weighted by atomic mass is 10.1. The van der Waals surface area contributed by atoms with E-state index in [-0.39, 0.29) is 0 Å². The summed E-state index contributed by atoms with van der Waals surface area (Å²) in [4.78, 5) is 33.6. The van der Waals surface area contributed by atoms with Crippen molar-refractivity contribution in [3.05, 3.63) is 24.3 Å². The molecule has 0 bridgehead atoms. The zero-order valence-corrected chi connectivity index (χ0v) is 25.5. The molecule has 216 valence electrons. The molecule has 0 saturated heterocycles. The van der Waals surface area contributed by atoms with Crippen molar-refractivity contribution in [3.8, 4) is 0 Å². The van der Waals surface area contributed by atoms with Crippen molar-refractivity contribution in [1.29, 1.82) is 0 Å². The highest BCUT2D eigenvalue weighted by molar-refractivity contribution is 6.66. The molecule has 0 aromatic heterocycles. The van der Waals surface area contributed by atoms with Gasteiger partial charge in [-0.3, -0.25) is 9.68 Å². The zero-order valence-electron chi connectivity index (χ0n) is 23.5. The minimum atomic E-state index is -2.20. The number of nitrogens with zero attached hydrogens (tertiary/aromatic N) is 2. The van der Waals surface area contributed by atoms with E-state index >= 15 is 0 Å². The van der Waals surface area contributed by atoms with Crippen LogP contribution < -0.4 is 10.6 Å². The molecule has 0 unspecified atom stereocenters. The summed E-state index contributed by atoms with van der Waals surface area (Å²) in [5.74, 6) is 0. The van der Waals surface area contributed by atoms with Crippen molar-refractivity contribution in [2.24, 2.45) is 10.3 Å². The van der Waals surface area contributed by atoms with Gasteiger partial charge in [-0.05, 0) is 90.0 Å². The van der Waals surface area contributed by atoms with Gasteiger partial charge in [0.05, 0.1) is 0 Å². The van der Waals surface area contributed by atoms with Crippen molar-refractivity contribution in [1.82, 2.24) is 10.6 Å². The average Bonchev–Trinajstić information content (AvgIpc) is 2.88. The molecule has 2 N–H and O–H groups in total. The molecule has 0 radical (unpaired) electrons. The zero-order chi connectivity index (χ0) is 28.3. The second-order valence-electron chi connectivity index (χ2n) is 8.52. The van der Waals surface area contributed by atoms with E-state index in [0.717, 1.165) is 12.1 Å². The smallest absolute Gasteiger partial charge is 0.395 e. The van der Waals surface area contributed by atoms with Crippen LogP contribution in [-0.4, -0.2) is 80.2 Å². The molecule has 1 aliphatic rings. The second-order valence-corrected chi connectivity index (χ2v) is 15.2. The number of allylic oxidation sites excluding steroid dienone is 4. The van der Waals surface area contributed by atoms with E-state index in [9.17, 15) is 9.59 Å². The first-order valence-corrected chi connectivity index (χ1v) is 18.2. The normalized spacial score (nSPS) is 13.3. The molecule has 14 heteroatoms. The lowest BCUT2D eigenvalue weighted by molar-refractivity contribution is 0.149. The molecule has 0 aromatic rings. The Balaban J connectivity index is 2.32. The van der Waals surface area contributed by atoms with Crippen LogP contribution in [0.25, 0.3) is 0 Å². The molecule has 0 heterocycles. The largest absolute Gasteiger partial charge is 0.433 e. The van der Waals surface area contributed by atoms with Crippen molar-refractivity contribution in [3.63, 3.8) is 0 Å². The molecule has 2 amide bonds. The molecule has 1 aliphatic carbocycles. The van der Waals surface area contributed by atoms with Gasteiger partial charge in [-0.25, -0.2) is 9.59 Å². The minimum Gasteiger partial charge on any atom is -0.395 e. The fourth-order valence-electron chi connectivity index (χ4n) is 3.62. The maximum atomic E-state index is 11.9. The molecule has 0 aliphatic heterocycles. The van der Waals surface area contributed by atoms with Crippen molar-refractivity contribution in [2.45, 2.75) is 65.7 Å².